The van der Waals surface area contributed by atoms with Crippen LogP contribution in [0.5, 0.6) is 5.75 Å². The van der Waals surface area contributed by atoms with Gasteiger partial charge in [-0.3, -0.25) is 4.79 Å². The van der Waals surface area contributed by atoms with Crippen LogP contribution in [0.4, 0.5) is 10.1 Å². The second-order valence-corrected chi connectivity index (χ2v) is 7.05. The molecule has 1 amide bonds. The Balaban J connectivity index is 1.47. The lowest BCUT2D eigenvalue weighted by Crippen LogP contribution is -2.10. The number of anilines is 1. The summed E-state index contributed by atoms with van der Waals surface area (Å²) in [4.78, 5) is 22.3. The van der Waals surface area contributed by atoms with Gasteiger partial charge >= 0.3 is 0 Å². The summed E-state index contributed by atoms with van der Waals surface area (Å²) in [6.07, 6.45) is 3.03. The Hall–Kier alpha value is -3.58. The van der Waals surface area contributed by atoms with Crippen molar-refractivity contribution >= 4 is 22.9 Å². The van der Waals surface area contributed by atoms with Gasteiger partial charge in [-0.1, -0.05) is 24.3 Å². The van der Waals surface area contributed by atoms with Gasteiger partial charge in [0, 0.05) is 10.4 Å². The maximum absolute atomic E-state index is 13.0. The highest BCUT2D eigenvalue weighted by atomic mass is 32.1. The van der Waals surface area contributed by atoms with E-state index in [9.17, 15) is 14.3 Å². The van der Waals surface area contributed by atoms with Crippen molar-refractivity contribution in [2.45, 2.75) is 0 Å². The molecular weight excluding hydrogens is 377 g/mol. The molecule has 0 unspecified atom stereocenters. The first-order valence-electron chi connectivity index (χ1n) is 8.37. The summed E-state index contributed by atoms with van der Waals surface area (Å²) in [5.41, 5.74) is 2.00. The zero-order valence-electron chi connectivity index (χ0n) is 14.5. The van der Waals surface area contributed by atoms with E-state index in [-0.39, 0.29) is 17.5 Å². The van der Waals surface area contributed by atoms with E-state index in [1.165, 1.54) is 35.9 Å². The molecule has 0 spiro atoms. The second kappa shape index (κ2) is 7.58. The molecule has 4 rings (SSSR count). The minimum absolute atomic E-state index is 0.133. The van der Waals surface area contributed by atoms with E-state index in [4.69, 9.17) is 0 Å². The molecule has 2 aromatic heterocycles. The number of carbonyl (C=O) groups excluding carboxylic acids is 1. The fourth-order valence-corrected chi connectivity index (χ4v) is 3.52. The molecule has 0 aliphatic heterocycles. The van der Waals surface area contributed by atoms with Gasteiger partial charge in [0.2, 0.25) is 0 Å². The molecule has 2 aromatic carbocycles. The Morgan fingerprint density at radius 1 is 0.964 bits per heavy atom. The molecule has 0 radical (unpaired) electrons. The zero-order valence-corrected chi connectivity index (χ0v) is 15.3. The fraction of sp³-hybridized carbons (Fsp3) is 0. The standard InChI is InChI=1S/C21H14FN3O2S/c22-15-6-4-13(5-7-15)18-8-9-19(28-18)21(27)25-16-11-23-20(24-12-16)14-2-1-3-17(26)10-14/h1-12,26H,(H,25,27). The van der Waals surface area contributed by atoms with E-state index in [1.807, 2.05) is 6.07 Å². The average Bonchev–Trinajstić information content (AvgIpc) is 3.19. The van der Waals surface area contributed by atoms with Crippen LogP contribution in [0.15, 0.2) is 73.1 Å². The van der Waals surface area contributed by atoms with E-state index in [1.54, 1.807) is 42.5 Å². The van der Waals surface area contributed by atoms with Crippen molar-refractivity contribution < 1.29 is 14.3 Å². The van der Waals surface area contributed by atoms with E-state index in [0.717, 1.165) is 10.4 Å². The van der Waals surface area contributed by atoms with Crippen molar-refractivity contribution in [3.63, 3.8) is 0 Å². The molecule has 0 bridgehead atoms. The molecule has 0 saturated heterocycles. The van der Waals surface area contributed by atoms with Crippen LogP contribution in [0.25, 0.3) is 21.8 Å². The number of rotatable bonds is 4. The lowest BCUT2D eigenvalue weighted by atomic mass is 10.2. The number of amides is 1. The fourth-order valence-electron chi connectivity index (χ4n) is 2.61. The van der Waals surface area contributed by atoms with Gasteiger partial charge in [-0.2, -0.15) is 0 Å². The molecule has 4 aromatic rings. The molecule has 2 heterocycles. The van der Waals surface area contributed by atoms with E-state index < -0.39 is 0 Å². The van der Waals surface area contributed by atoms with Crippen molar-refractivity contribution in [1.82, 2.24) is 9.97 Å². The first-order chi connectivity index (χ1) is 13.6. The molecule has 138 valence electrons. The first-order valence-corrected chi connectivity index (χ1v) is 9.19. The highest BCUT2D eigenvalue weighted by Crippen LogP contribution is 2.29. The quantitative estimate of drug-likeness (QED) is 0.515. The van der Waals surface area contributed by atoms with Crippen molar-refractivity contribution in [1.29, 1.82) is 0 Å². The number of aromatic hydroxyl groups is 1. The number of hydrogen-bond donors (Lipinski definition) is 2. The minimum atomic E-state index is -0.299. The molecule has 2 N–H and O–H groups in total. The Kier molecular flexibility index (Phi) is 4.82. The molecule has 0 saturated carbocycles. The summed E-state index contributed by atoms with van der Waals surface area (Å²) in [7, 11) is 0. The van der Waals surface area contributed by atoms with Gasteiger partial charge in [0.05, 0.1) is 23.0 Å². The monoisotopic (exact) mass is 391 g/mol. The van der Waals surface area contributed by atoms with Crippen LogP contribution in [0.1, 0.15) is 9.67 Å². The molecular formula is C21H14FN3O2S. The highest BCUT2D eigenvalue weighted by Gasteiger charge is 2.12. The molecule has 28 heavy (non-hydrogen) atoms. The normalized spacial score (nSPS) is 10.6. The van der Waals surface area contributed by atoms with Crippen LogP contribution >= 0.6 is 11.3 Å². The minimum Gasteiger partial charge on any atom is -0.508 e. The van der Waals surface area contributed by atoms with Crippen LogP contribution in [0.3, 0.4) is 0 Å². The summed E-state index contributed by atoms with van der Waals surface area (Å²) in [5, 5.41) is 12.3. The number of thiophene rings is 1. The predicted octanol–water partition coefficient (Wildman–Crippen LogP) is 4.97. The van der Waals surface area contributed by atoms with Crippen LogP contribution in [-0.2, 0) is 0 Å². The first kappa shape index (κ1) is 17.8. The summed E-state index contributed by atoms with van der Waals surface area (Å²) in [5.74, 6) is 0.0104. The Bertz CT molecular complexity index is 1130. The average molecular weight is 391 g/mol. The number of nitrogens with zero attached hydrogens (tertiary/aromatic N) is 2. The van der Waals surface area contributed by atoms with Gasteiger partial charge in [0.15, 0.2) is 5.82 Å². The number of carbonyl (C=O) groups is 1. The number of hydrogen-bond acceptors (Lipinski definition) is 5. The summed E-state index contributed by atoms with van der Waals surface area (Å²) >= 11 is 1.32. The Labute approximate surface area is 164 Å². The molecule has 0 fully saturated rings. The summed E-state index contributed by atoms with van der Waals surface area (Å²) in [6.45, 7) is 0. The Morgan fingerprint density at radius 3 is 2.43 bits per heavy atom. The molecule has 5 nitrogen and oxygen atoms in total. The number of phenolic OH excluding ortho intramolecular Hbond substituents is 1. The predicted molar refractivity (Wildman–Crippen MR) is 107 cm³/mol. The van der Waals surface area contributed by atoms with Crippen LogP contribution < -0.4 is 5.32 Å². The zero-order chi connectivity index (χ0) is 19.5. The number of aromatic nitrogens is 2. The van der Waals surface area contributed by atoms with Gasteiger partial charge in [0.25, 0.3) is 5.91 Å². The van der Waals surface area contributed by atoms with E-state index >= 15 is 0 Å². The highest BCUT2D eigenvalue weighted by molar-refractivity contribution is 7.17. The van der Waals surface area contributed by atoms with Crippen molar-refractivity contribution in [3.05, 3.63) is 83.8 Å². The third-order valence-electron chi connectivity index (χ3n) is 3.97. The van der Waals surface area contributed by atoms with Crippen LogP contribution in [0, 0.1) is 5.82 Å². The van der Waals surface area contributed by atoms with Gasteiger partial charge in [0.1, 0.15) is 11.6 Å². The smallest absolute Gasteiger partial charge is 0.265 e. The molecule has 0 aliphatic carbocycles. The van der Waals surface area contributed by atoms with E-state index in [0.29, 0.717) is 22.0 Å². The maximum Gasteiger partial charge on any atom is 0.265 e. The van der Waals surface area contributed by atoms with Crippen LogP contribution in [-0.4, -0.2) is 21.0 Å². The summed E-state index contributed by atoms with van der Waals surface area (Å²) in [6, 6.07) is 16.3. The molecule has 7 heteroatoms. The lowest BCUT2D eigenvalue weighted by Gasteiger charge is -2.05. The third-order valence-corrected chi connectivity index (χ3v) is 5.11. The largest absolute Gasteiger partial charge is 0.508 e. The van der Waals surface area contributed by atoms with Crippen LogP contribution in [0.2, 0.25) is 0 Å². The van der Waals surface area contributed by atoms with Crippen molar-refractivity contribution in [2.24, 2.45) is 0 Å². The number of nitrogens with one attached hydrogen (secondary N) is 1. The molecule has 0 aliphatic rings. The SMILES string of the molecule is O=C(Nc1cnc(-c2cccc(O)c2)nc1)c1ccc(-c2ccc(F)cc2)s1. The van der Waals surface area contributed by atoms with Gasteiger partial charge < -0.3 is 10.4 Å². The number of halogens is 1. The van der Waals surface area contributed by atoms with E-state index in [2.05, 4.69) is 15.3 Å². The maximum atomic E-state index is 13.0. The number of phenols is 1. The topological polar surface area (TPSA) is 75.1 Å². The molecule has 0 atom stereocenters. The third kappa shape index (κ3) is 3.89. The van der Waals surface area contributed by atoms with Gasteiger partial charge in [-0.15, -0.1) is 11.3 Å². The van der Waals surface area contributed by atoms with Gasteiger partial charge in [-0.25, -0.2) is 14.4 Å². The van der Waals surface area contributed by atoms with Gasteiger partial charge in [-0.05, 0) is 42.0 Å². The number of benzene rings is 2. The Morgan fingerprint density at radius 2 is 1.71 bits per heavy atom. The lowest BCUT2D eigenvalue weighted by molar-refractivity contribution is 0.103. The second-order valence-electron chi connectivity index (χ2n) is 5.97. The van der Waals surface area contributed by atoms with Crippen molar-refractivity contribution in [2.75, 3.05) is 5.32 Å². The summed E-state index contributed by atoms with van der Waals surface area (Å²) < 4.78 is 13.0. The van der Waals surface area contributed by atoms with Crippen molar-refractivity contribution in [3.8, 4) is 27.6 Å².